The summed E-state index contributed by atoms with van der Waals surface area (Å²) in [5.41, 5.74) is 0.704. The first-order valence-electron chi connectivity index (χ1n) is 6.87. The Morgan fingerprint density at radius 1 is 1.40 bits per heavy atom. The van der Waals surface area contributed by atoms with Crippen LogP contribution in [0.15, 0.2) is 18.2 Å². The van der Waals surface area contributed by atoms with Crippen molar-refractivity contribution in [2.24, 2.45) is 0 Å². The van der Waals surface area contributed by atoms with E-state index >= 15 is 0 Å². The van der Waals surface area contributed by atoms with Crippen molar-refractivity contribution in [2.75, 3.05) is 18.4 Å². The molecule has 1 aliphatic rings. The van der Waals surface area contributed by atoms with E-state index in [2.05, 4.69) is 5.32 Å². The third-order valence-electron chi connectivity index (χ3n) is 3.51. The largest absolute Gasteiger partial charge is 0.373 e. The van der Waals surface area contributed by atoms with Gasteiger partial charge in [-0.3, -0.25) is 4.79 Å². The lowest BCUT2D eigenvalue weighted by Crippen LogP contribution is -2.44. The highest BCUT2D eigenvalue weighted by molar-refractivity contribution is 5.84. The molecule has 5 heteroatoms. The summed E-state index contributed by atoms with van der Waals surface area (Å²) in [6, 6.07) is 5.45. The normalized spacial score (nSPS) is 16.4. The number of benzene rings is 1. The van der Waals surface area contributed by atoms with Crippen LogP contribution < -0.4 is 5.32 Å². The van der Waals surface area contributed by atoms with Crippen LogP contribution in [0.4, 0.5) is 10.1 Å². The molecule has 1 amide bonds. The highest BCUT2D eigenvalue weighted by atomic mass is 19.1. The number of rotatable bonds is 3. The maximum absolute atomic E-state index is 13.1. The van der Waals surface area contributed by atoms with Gasteiger partial charge >= 0.3 is 0 Å². The van der Waals surface area contributed by atoms with Gasteiger partial charge in [0.1, 0.15) is 17.9 Å². The van der Waals surface area contributed by atoms with E-state index in [1.165, 1.54) is 24.6 Å². The summed E-state index contributed by atoms with van der Waals surface area (Å²) < 4.78 is 13.1. The smallest absolute Gasteiger partial charge is 0.244 e. The quantitative estimate of drug-likeness (QED) is 0.922. The predicted molar refractivity (Wildman–Crippen MR) is 74.6 cm³/mol. The lowest BCUT2D eigenvalue weighted by Gasteiger charge is -2.29. The van der Waals surface area contributed by atoms with Crippen molar-refractivity contribution in [3.05, 3.63) is 29.6 Å². The van der Waals surface area contributed by atoms with E-state index in [0.29, 0.717) is 5.69 Å². The fourth-order valence-electron chi connectivity index (χ4n) is 2.42. The van der Waals surface area contributed by atoms with Gasteiger partial charge in [-0.15, -0.1) is 0 Å². The number of hydrogen-bond acceptors (Lipinski definition) is 3. The van der Waals surface area contributed by atoms with Crippen molar-refractivity contribution < 1.29 is 9.18 Å². The summed E-state index contributed by atoms with van der Waals surface area (Å²) >= 11 is 0. The molecule has 0 aliphatic carbocycles. The number of carbonyl (C=O) groups excluding carboxylic acids is 1. The van der Waals surface area contributed by atoms with Gasteiger partial charge in [0.2, 0.25) is 5.91 Å². The van der Waals surface area contributed by atoms with Crippen LogP contribution in [0.1, 0.15) is 31.7 Å². The van der Waals surface area contributed by atoms with Gasteiger partial charge < -0.3 is 10.2 Å². The van der Waals surface area contributed by atoms with Crippen LogP contribution in [0.5, 0.6) is 0 Å². The Hall–Kier alpha value is -2.09. The molecule has 1 N–H and O–H groups in total. The molecule has 1 unspecified atom stereocenters. The van der Waals surface area contributed by atoms with E-state index in [4.69, 9.17) is 5.26 Å². The second kappa shape index (κ2) is 6.38. The van der Waals surface area contributed by atoms with Gasteiger partial charge in [-0.25, -0.2) is 4.39 Å². The highest BCUT2D eigenvalue weighted by Crippen LogP contribution is 2.18. The molecule has 1 aliphatic heterocycles. The molecule has 20 heavy (non-hydrogen) atoms. The standard InChI is InChI=1S/C15H18FN3O/c1-11(15(20)19-7-3-2-4-8-19)18-14-6-5-13(16)9-12(14)10-17/h5-6,9,11,18H,2-4,7-8H2,1H3. The van der Waals surface area contributed by atoms with Crippen LogP contribution in [-0.2, 0) is 4.79 Å². The average Bonchev–Trinajstić information content (AvgIpc) is 2.49. The maximum atomic E-state index is 13.1. The SMILES string of the molecule is CC(Nc1ccc(F)cc1C#N)C(=O)N1CCCCC1. The minimum atomic E-state index is -0.456. The van der Waals surface area contributed by atoms with Crippen molar-refractivity contribution in [1.29, 1.82) is 5.26 Å². The van der Waals surface area contributed by atoms with E-state index in [0.717, 1.165) is 25.9 Å². The summed E-state index contributed by atoms with van der Waals surface area (Å²) in [6.45, 7) is 3.35. The predicted octanol–water partition coefficient (Wildman–Crippen LogP) is 2.51. The first-order chi connectivity index (χ1) is 9.61. The molecule has 1 atom stereocenters. The maximum Gasteiger partial charge on any atom is 0.244 e. The van der Waals surface area contributed by atoms with Crippen molar-refractivity contribution in [3.8, 4) is 6.07 Å². The minimum absolute atomic E-state index is 0.0258. The number of anilines is 1. The molecule has 1 heterocycles. The molecule has 1 fully saturated rings. The molecule has 0 bridgehead atoms. The molecule has 1 saturated heterocycles. The molecule has 0 spiro atoms. The van der Waals surface area contributed by atoms with E-state index < -0.39 is 11.9 Å². The summed E-state index contributed by atoms with van der Waals surface area (Å²) in [6.07, 6.45) is 3.25. The molecule has 0 radical (unpaired) electrons. The Bertz CT molecular complexity index is 532. The molecule has 2 rings (SSSR count). The highest BCUT2D eigenvalue weighted by Gasteiger charge is 2.22. The number of nitrogens with zero attached hydrogens (tertiary/aromatic N) is 2. The van der Waals surface area contributed by atoms with Gasteiger partial charge in [0, 0.05) is 13.1 Å². The van der Waals surface area contributed by atoms with Crippen molar-refractivity contribution in [3.63, 3.8) is 0 Å². The number of amides is 1. The van der Waals surface area contributed by atoms with Crippen LogP contribution in [0, 0.1) is 17.1 Å². The topological polar surface area (TPSA) is 56.1 Å². The zero-order chi connectivity index (χ0) is 14.5. The Morgan fingerprint density at radius 2 is 2.10 bits per heavy atom. The lowest BCUT2D eigenvalue weighted by atomic mass is 10.1. The number of nitriles is 1. The second-order valence-electron chi connectivity index (χ2n) is 5.05. The molecular formula is C15H18FN3O. The fraction of sp³-hybridized carbons (Fsp3) is 0.467. The van der Waals surface area contributed by atoms with Gasteiger partial charge in [0.15, 0.2) is 0 Å². The van der Waals surface area contributed by atoms with Gasteiger partial charge in [0.25, 0.3) is 0 Å². The van der Waals surface area contributed by atoms with Gasteiger partial charge in [0.05, 0.1) is 11.3 Å². The molecule has 0 aromatic heterocycles. The van der Waals surface area contributed by atoms with E-state index in [9.17, 15) is 9.18 Å². The summed E-state index contributed by atoms with van der Waals surface area (Å²) in [5.74, 6) is -0.431. The Kier molecular flexibility index (Phi) is 4.57. The van der Waals surface area contributed by atoms with Crippen LogP contribution in [0.25, 0.3) is 0 Å². The first-order valence-corrected chi connectivity index (χ1v) is 6.87. The average molecular weight is 275 g/mol. The number of piperidine rings is 1. The molecule has 106 valence electrons. The first kappa shape index (κ1) is 14.3. The Labute approximate surface area is 118 Å². The molecule has 0 saturated carbocycles. The number of likely N-dealkylation sites (tertiary alicyclic amines) is 1. The minimum Gasteiger partial charge on any atom is -0.373 e. The number of nitrogens with one attached hydrogen (secondary N) is 1. The third kappa shape index (κ3) is 3.27. The van der Waals surface area contributed by atoms with E-state index in [1.54, 1.807) is 6.92 Å². The summed E-state index contributed by atoms with van der Waals surface area (Å²) in [4.78, 5) is 14.1. The van der Waals surface area contributed by atoms with Crippen LogP contribution in [0.3, 0.4) is 0 Å². The zero-order valence-corrected chi connectivity index (χ0v) is 11.5. The fourth-order valence-corrected chi connectivity index (χ4v) is 2.42. The summed E-state index contributed by atoms with van der Waals surface area (Å²) in [7, 11) is 0. The zero-order valence-electron chi connectivity index (χ0n) is 11.5. The number of hydrogen-bond donors (Lipinski definition) is 1. The molecule has 4 nitrogen and oxygen atoms in total. The molecular weight excluding hydrogens is 257 g/mol. The monoisotopic (exact) mass is 275 g/mol. The summed E-state index contributed by atoms with van der Waals surface area (Å²) in [5, 5.41) is 12.0. The number of carbonyl (C=O) groups is 1. The van der Waals surface area contributed by atoms with Crippen LogP contribution in [0.2, 0.25) is 0 Å². The molecule has 1 aromatic carbocycles. The Balaban J connectivity index is 2.05. The van der Waals surface area contributed by atoms with Crippen molar-refractivity contribution in [2.45, 2.75) is 32.2 Å². The Morgan fingerprint density at radius 3 is 2.75 bits per heavy atom. The van der Waals surface area contributed by atoms with Gasteiger partial charge in [-0.1, -0.05) is 0 Å². The van der Waals surface area contributed by atoms with Gasteiger partial charge in [-0.05, 0) is 44.4 Å². The van der Waals surface area contributed by atoms with E-state index in [-0.39, 0.29) is 11.5 Å². The van der Waals surface area contributed by atoms with Crippen LogP contribution >= 0.6 is 0 Å². The second-order valence-corrected chi connectivity index (χ2v) is 5.05. The number of halogens is 1. The van der Waals surface area contributed by atoms with Crippen molar-refractivity contribution >= 4 is 11.6 Å². The van der Waals surface area contributed by atoms with Crippen molar-refractivity contribution in [1.82, 2.24) is 4.90 Å². The third-order valence-corrected chi connectivity index (χ3v) is 3.51. The lowest BCUT2D eigenvalue weighted by molar-refractivity contribution is -0.132. The van der Waals surface area contributed by atoms with Crippen LogP contribution in [-0.4, -0.2) is 29.9 Å². The van der Waals surface area contributed by atoms with Gasteiger partial charge in [-0.2, -0.15) is 5.26 Å². The van der Waals surface area contributed by atoms with E-state index in [1.807, 2.05) is 11.0 Å². The molecule has 1 aromatic rings.